The minimum atomic E-state index is 0.313. The minimum absolute atomic E-state index is 0.313. The van der Waals surface area contributed by atoms with E-state index in [1.165, 1.54) is 17.3 Å². The monoisotopic (exact) mass is 324 g/mol. The van der Waals surface area contributed by atoms with Crippen LogP contribution >= 0.6 is 11.8 Å². The molecule has 6 nitrogen and oxygen atoms in total. The van der Waals surface area contributed by atoms with Gasteiger partial charge in [0, 0.05) is 10.6 Å². The van der Waals surface area contributed by atoms with Crippen LogP contribution in [0.3, 0.4) is 0 Å². The molecule has 0 atom stereocenters. The lowest BCUT2D eigenvalue weighted by Crippen LogP contribution is -2.13. The summed E-state index contributed by atoms with van der Waals surface area (Å²) in [6.07, 6.45) is 0. The van der Waals surface area contributed by atoms with Crippen molar-refractivity contribution in [3.8, 4) is 0 Å². The van der Waals surface area contributed by atoms with Gasteiger partial charge in [0.15, 0.2) is 5.16 Å². The Bertz CT molecular complexity index is 776. The maximum atomic E-state index is 5.45. The lowest BCUT2D eigenvalue weighted by molar-refractivity contribution is 0.909. The third kappa shape index (κ3) is 4.18. The molecule has 0 bridgehead atoms. The molecule has 23 heavy (non-hydrogen) atoms. The van der Waals surface area contributed by atoms with Crippen molar-refractivity contribution < 1.29 is 0 Å². The van der Waals surface area contributed by atoms with Gasteiger partial charge >= 0.3 is 0 Å². The van der Waals surface area contributed by atoms with Crippen molar-refractivity contribution in [2.75, 3.05) is 10.7 Å². The number of rotatable bonds is 5. The predicted molar refractivity (Wildman–Crippen MR) is 92.7 cm³/mol. The molecule has 0 radical (unpaired) electrons. The summed E-state index contributed by atoms with van der Waals surface area (Å²) in [4.78, 5) is 14.0. The van der Waals surface area contributed by atoms with E-state index in [2.05, 4.69) is 44.8 Å². The largest absolute Gasteiger partial charge is 0.324 e. The van der Waals surface area contributed by atoms with Gasteiger partial charge in [0.1, 0.15) is 0 Å². The molecular formula is C16H16N6S. The molecule has 0 aliphatic carbocycles. The number of hydrazine groups is 1. The van der Waals surface area contributed by atoms with Crippen molar-refractivity contribution in [3.63, 3.8) is 0 Å². The first-order valence-electron chi connectivity index (χ1n) is 7.02. The number of nitrogens with one attached hydrogen (secondary N) is 2. The highest BCUT2D eigenvalue weighted by atomic mass is 32.2. The van der Waals surface area contributed by atoms with E-state index in [0.29, 0.717) is 17.1 Å². The maximum Gasteiger partial charge on any atom is 0.242 e. The highest BCUT2D eigenvalue weighted by Gasteiger charge is 2.08. The third-order valence-electron chi connectivity index (χ3n) is 3.00. The van der Waals surface area contributed by atoms with E-state index in [1.807, 2.05) is 42.5 Å². The minimum Gasteiger partial charge on any atom is -0.324 e. The molecule has 0 aliphatic heterocycles. The summed E-state index contributed by atoms with van der Waals surface area (Å²) in [6.45, 7) is 2.05. The summed E-state index contributed by atoms with van der Waals surface area (Å²) in [5, 5.41) is 3.71. The average Bonchev–Trinajstić information content (AvgIpc) is 2.57. The molecule has 0 fully saturated rings. The number of hydrogen-bond donors (Lipinski definition) is 3. The SMILES string of the molecule is Cc1ccc(Sc2nc(NN)nc(Nc3ccccc3)n2)cc1. The van der Waals surface area contributed by atoms with Crippen molar-refractivity contribution in [1.29, 1.82) is 0 Å². The number of nitrogens with two attached hydrogens (primary N) is 1. The first kappa shape index (κ1) is 15.3. The van der Waals surface area contributed by atoms with Crippen LogP contribution < -0.4 is 16.6 Å². The van der Waals surface area contributed by atoms with E-state index in [-0.39, 0.29) is 0 Å². The second-order valence-electron chi connectivity index (χ2n) is 4.82. The maximum absolute atomic E-state index is 5.45. The van der Waals surface area contributed by atoms with Gasteiger partial charge in [-0.15, -0.1) is 0 Å². The van der Waals surface area contributed by atoms with Gasteiger partial charge in [-0.05, 0) is 43.0 Å². The zero-order chi connectivity index (χ0) is 16.1. The average molecular weight is 324 g/mol. The molecule has 0 spiro atoms. The smallest absolute Gasteiger partial charge is 0.242 e. The van der Waals surface area contributed by atoms with Crippen LogP contribution in [0.4, 0.5) is 17.6 Å². The van der Waals surface area contributed by atoms with Gasteiger partial charge in [0.25, 0.3) is 0 Å². The van der Waals surface area contributed by atoms with E-state index < -0.39 is 0 Å². The number of para-hydroxylation sites is 1. The lowest BCUT2D eigenvalue weighted by Gasteiger charge is -2.08. The molecule has 4 N–H and O–H groups in total. The Morgan fingerprint density at radius 3 is 2.26 bits per heavy atom. The molecule has 0 unspecified atom stereocenters. The molecule has 0 saturated carbocycles. The van der Waals surface area contributed by atoms with Crippen molar-refractivity contribution in [2.24, 2.45) is 5.84 Å². The number of aromatic nitrogens is 3. The fourth-order valence-corrected chi connectivity index (χ4v) is 2.63. The van der Waals surface area contributed by atoms with Gasteiger partial charge < -0.3 is 5.32 Å². The quantitative estimate of drug-likeness (QED) is 0.490. The summed E-state index contributed by atoms with van der Waals surface area (Å²) in [7, 11) is 0. The number of benzene rings is 2. The molecule has 3 aromatic rings. The second kappa shape index (κ2) is 7.08. The van der Waals surface area contributed by atoms with Crippen molar-refractivity contribution in [1.82, 2.24) is 15.0 Å². The number of nitrogens with zero attached hydrogens (tertiary/aromatic N) is 3. The van der Waals surface area contributed by atoms with Crippen LogP contribution in [0.2, 0.25) is 0 Å². The van der Waals surface area contributed by atoms with Crippen LogP contribution in [0.15, 0.2) is 64.6 Å². The first-order valence-corrected chi connectivity index (χ1v) is 7.84. The Labute approximate surface area is 138 Å². The molecule has 7 heteroatoms. The highest BCUT2D eigenvalue weighted by Crippen LogP contribution is 2.26. The molecule has 0 aliphatic rings. The molecule has 2 aromatic carbocycles. The molecule has 0 saturated heterocycles. The van der Waals surface area contributed by atoms with E-state index >= 15 is 0 Å². The summed E-state index contributed by atoms with van der Waals surface area (Å²) >= 11 is 1.45. The van der Waals surface area contributed by atoms with Gasteiger partial charge in [-0.3, -0.25) is 5.43 Å². The molecular weight excluding hydrogens is 308 g/mol. The Balaban J connectivity index is 1.85. The highest BCUT2D eigenvalue weighted by molar-refractivity contribution is 7.99. The van der Waals surface area contributed by atoms with Gasteiger partial charge in [0.05, 0.1) is 0 Å². The van der Waals surface area contributed by atoms with Crippen LogP contribution in [-0.2, 0) is 0 Å². The Hall–Kier alpha value is -2.64. The number of nitrogen functional groups attached to an aromatic ring is 1. The zero-order valence-electron chi connectivity index (χ0n) is 12.5. The predicted octanol–water partition coefficient (Wildman–Crippen LogP) is 3.36. The first-order chi connectivity index (χ1) is 11.2. The standard InChI is InChI=1S/C16H16N6S/c1-11-7-9-13(10-8-11)23-16-20-14(19-15(21-16)22-17)18-12-5-3-2-4-6-12/h2-10H,17H2,1H3,(H2,18,19,20,21,22). The Morgan fingerprint density at radius 1 is 0.870 bits per heavy atom. The van der Waals surface area contributed by atoms with Crippen LogP contribution in [0, 0.1) is 6.92 Å². The fraction of sp³-hybridized carbons (Fsp3) is 0.0625. The molecule has 116 valence electrons. The lowest BCUT2D eigenvalue weighted by atomic mass is 10.2. The van der Waals surface area contributed by atoms with Crippen LogP contribution in [-0.4, -0.2) is 15.0 Å². The summed E-state index contributed by atoms with van der Waals surface area (Å²) < 4.78 is 0. The Morgan fingerprint density at radius 2 is 1.57 bits per heavy atom. The number of anilines is 3. The number of aryl methyl sites for hydroxylation is 1. The summed E-state index contributed by atoms with van der Waals surface area (Å²) in [5.41, 5.74) is 4.58. The molecule has 1 heterocycles. The van der Waals surface area contributed by atoms with E-state index in [9.17, 15) is 0 Å². The van der Waals surface area contributed by atoms with Crippen molar-refractivity contribution in [3.05, 3.63) is 60.2 Å². The van der Waals surface area contributed by atoms with Crippen molar-refractivity contribution in [2.45, 2.75) is 17.0 Å². The fourth-order valence-electron chi connectivity index (χ4n) is 1.88. The summed E-state index contributed by atoms with van der Waals surface area (Å²) in [5.74, 6) is 6.21. The van der Waals surface area contributed by atoms with Gasteiger partial charge in [-0.1, -0.05) is 35.9 Å². The third-order valence-corrected chi connectivity index (χ3v) is 3.88. The van der Waals surface area contributed by atoms with Gasteiger partial charge in [-0.25, -0.2) is 5.84 Å². The normalized spacial score (nSPS) is 10.3. The van der Waals surface area contributed by atoms with Crippen LogP contribution in [0.1, 0.15) is 5.56 Å². The zero-order valence-corrected chi connectivity index (χ0v) is 13.3. The number of hydrogen-bond acceptors (Lipinski definition) is 7. The Kier molecular flexibility index (Phi) is 4.70. The van der Waals surface area contributed by atoms with E-state index in [4.69, 9.17) is 5.84 Å². The van der Waals surface area contributed by atoms with Gasteiger partial charge in [0.2, 0.25) is 11.9 Å². The van der Waals surface area contributed by atoms with Gasteiger partial charge in [-0.2, -0.15) is 15.0 Å². The van der Waals surface area contributed by atoms with Crippen LogP contribution in [0.5, 0.6) is 0 Å². The van der Waals surface area contributed by atoms with Crippen molar-refractivity contribution >= 4 is 29.3 Å². The molecule has 3 rings (SSSR count). The molecule has 1 aromatic heterocycles. The van der Waals surface area contributed by atoms with E-state index in [0.717, 1.165) is 10.6 Å². The summed E-state index contributed by atoms with van der Waals surface area (Å²) in [6, 6.07) is 17.9. The topological polar surface area (TPSA) is 88.8 Å². The van der Waals surface area contributed by atoms with E-state index in [1.54, 1.807) is 0 Å². The second-order valence-corrected chi connectivity index (χ2v) is 5.86. The molecule has 0 amide bonds. The van der Waals surface area contributed by atoms with Crippen LogP contribution in [0.25, 0.3) is 0 Å².